The molecule has 0 radical (unpaired) electrons. The fraction of sp³-hybridized carbons (Fsp3) is 0.571. The van der Waals surface area contributed by atoms with Gasteiger partial charge in [-0.15, -0.1) is 0 Å². The summed E-state index contributed by atoms with van der Waals surface area (Å²) in [6.45, 7) is 7.68. The summed E-state index contributed by atoms with van der Waals surface area (Å²) >= 11 is 0. The number of aryl methyl sites for hydroxylation is 2. The molecule has 3 atom stereocenters. The lowest BCUT2D eigenvalue weighted by Crippen LogP contribution is -2.50. The van der Waals surface area contributed by atoms with Crippen molar-refractivity contribution in [2.24, 2.45) is 11.8 Å². The Balaban J connectivity index is 1.59. The van der Waals surface area contributed by atoms with Gasteiger partial charge in [0.2, 0.25) is 5.88 Å². The Kier molecular flexibility index (Phi) is 8.57. The number of amides is 3. The summed E-state index contributed by atoms with van der Waals surface area (Å²) in [4.78, 5) is 34.2. The number of aliphatic hydroxyl groups is 1. The summed E-state index contributed by atoms with van der Waals surface area (Å²) in [6, 6.07) is 0.995. The molecule has 10 nitrogen and oxygen atoms in total. The molecule has 10 heteroatoms. The number of carbonyl (C=O) groups excluding carboxylic acids is 2. The van der Waals surface area contributed by atoms with Crippen LogP contribution < -0.4 is 10.1 Å². The summed E-state index contributed by atoms with van der Waals surface area (Å²) in [5, 5.41) is 16.6. The third-order valence-electron chi connectivity index (χ3n) is 7.36. The third-order valence-corrected chi connectivity index (χ3v) is 7.36. The fourth-order valence-electron chi connectivity index (χ4n) is 4.86. The highest BCUT2D eigenvalue weighted by Gasteiger charge is 2.35. The average molecular weight is 524 g/mol. The Hall–Kier alpha value is -3.58. The molecule has 2 aromatic rings. The molecule has 4 rings (SSSR count). The first-order valence-electron chi connectivity index (χ1n) is 13.2. The molecule has 1 saturated carbocycles. The van der Waals surface area contributed by atoms with Crippen LogP contribution >= 0.6 is 0 Å². The van der Waals surface area contributed by atoms with Gasteiger partial charge in [0.15, 0.2) is 5.76 Å². The monoisotopic (exact) mass is 523 g/mol. The highest BCUT2D eigenvalue weighted by atomic mass is 16.5. The SMILES string of the molecule is Cc1noc(C)c1NC(=O)N(C)C[C@H]1Oc2ncc(C#CC3CCCC3)cc2C(=O)N([C@@H](C)CO)C[C@@H]1C. The third kappa shape index (κ3) is 6.10. The van der Waals surface area contributed by atoms with Gasteiger partial charge in [-0.05, 0) is 39.7 Å². The van der Waals surface area contributed by atoms with E-state index in [1.54, 1.807) is 38.1 Å². The van der Waals surface area contributed by atoms with E-state index in [0.29, 0.717) is 40.7 Å². The van der Waals surface area contributed by atoms with Gasteiger partial charge in [0.25, 0.3) is 5.91 Å². The first kappa shape index (κ1) is 27.5. The second kappa shape index (κ2) is 11.9. The number of aliphatic hydroxyl groups excluding tert-OH is 1. The van der Waals surface area contributed by atoms with Crippen LogP contribution in [0.1, 0.15) is 66.9 Å². The number of nitrogens with zero attached hydrogens (tertiary/aromatic N) is 4. The first-order chi connectivity index (χ1) is 18.2. The average Bonchev–Trinajstić information content (AvgIpc) is 3.54. The van der Waals surface area contributed by atoms with Crippen LogP contribution in [0.4, 0.5) is 10.5 Å². The maximum absolute atomic E-state index is 13.6. The molecule has 2 aromatic heterocycles. The van der Waals surface area contributed by atoms with E-state index in [4.69, 9.17) is 9.26 Å². The predicted octanol–water partition coefficient (Wildman–Crippen LogP) is 3.61. The van der Waals surface area contributed by atoms with E-state index in [1.165, 1.54) is 17.7 Å². The van der Waals surface area contributed by atoms with Crippen molar-refractivity contribution in [1.29, 1.82) is 0 Å². The van der Waals surface area contributed by atoms with E-state index >= 15 is 0 Å². The molecule has 204 valence electrons. The van der Waals surface area contributed by atoms with Crippen LogP contribution in [0.5, 0.6) is 5.88 Å². The van der Waals surface area contributed by atoms with Gasteiger partial charge in [-0.1, -0.05) is 36.8 Å². The topological polar surface area (TPSA) is 121 Å². The van der Waals surface area contributed by atoms with Crippen LogP contribution in [-0.4, -0.2) is 75.9 Å². The molecule has 0 bridgehead atoms. The fourth-order valence-corrected chi connectivity index (χ4v) is 4.86. The van der Waals surface area contributed by atoms with Crippen molar-refractivity contribution >= 4 is 17.6 Å². The van der Waals surface area contributed by atoms with Crippen molar-refractivity contribution in [3.05, 3.63) is 34.8 Å². The molecule has 0 spiro atoms. The minimum atomic E-state index is -0.460. The molecule has 2 N–H and O–H groups in total. The summed E-state index contributed by atoms with van der Waals surface area (Å²) in [5.74, 6) is 7.20. The smallest absolute Gasteiger partial charge is 0.321 e. The van der Waals surface area contributed by atoms with E-state index < -0.39 is 12.1 Å². The second-order valence-corrected chi connectivity index (χ2v) is 10.5. The van der Waals surface area contributed by atoms with Crippen molar-refractivity contribution in [1.82, 2.24) is 19.9 Å². The number of fused-ring (bicyclic) bond motifs is 1. The van der Waals surface area contributed by atoms with Crippen molar-refractivity contribution in [3.8, 4) is 17.7 Å². The number of carbonyl (C=O) groups is 2. The molecule has 3 amide bonds. The number of aromatic nitrogens is 2. The molecule has 3 heterocycles. The zero-order valence-corrected chi connectivity index (χ0v) is 22.8. The van der Waals surface area contributed by atoms with Gasteiger partial charge in [-0.2, -0.15) is 0 Å². The number of ether oxygens (including phenoxy) is 1. The number of anilines is 1. The lowest BCUT2D eigenvalue weighted by Gasteiger charge is -2.37. The van der Waals surface area contributed by atoms with Crippen LogP contribution in [-0.2, 0) is 0 Å². The molecule has 0 unspecified atom stereocenters. The molecule has 1 aliphatic heterocycles. The van der Waals surface area contributed by atoms with Gasteiger partial charge >= 0.3 is 6.03 Å². The molecule has 1 aliphatic carbocycles. The summed E-state index contributed by atoms with van der Waals surface area (Å²) in [5.41, 5.74) is 2.10. The number of nitrogens with one attached hydrogen (secondary N) is 1. The molecule has 2 aliphatic rings. The summed E-state index contributed by atoms with van der Waals surface area (Å²) in [7, 11) is 1.68. The molecule has 0 saturated heterocycles. The number of rotatable bonds is 5. The van der Waals surface area contributed by atoms with Gasteiger partial charge in [0, 0.05) is 37.2 Å². The molecular weight excluding hydrogens is 486 g/mol. The largest absolute Gasteiger partial charge is 0.472 e. The minimum absolute atomic E-state index is 0.154. The molecule has 1 fully saturated rings. The standard InChI is InChI=1S/C28H37N5O5/c1-17-14-33(18(2)16-34)27(35)23-12-22(11-10-21-8-6-7-9-21)13-29-26(23)37-24(17)15-32(5)28(36)30-25-19(3)31-38-20(25)4/h12-13,17-18,21,24,34H,6-9,14-16H2,1-5H3,(H,30,36)/t17-,18-,24+/m0/s1. The van der Waals surface area contributed by atoms with Crippen LogP contribution in [0.25, 0.3) is 0 Å². The Morgan fingerprint density at radius 1 is 1.34 bits per heavy atom. The maximum atomic E-state index is 13.6. The highest BCUT2D eigenvalue weighted by Crippen LogP contribution is 2.28. The molecular formula is C28H37N5O5. The lowest BCUT2D eigenvalue weighted by molar-refractivity contribution is 0.0356. The molecule has 38 heavy (non-hydrogen) atoms. The highest BCUT2D eigenvalue weighted by molar-refractivity contribution is 5.97. The Bertz CT molecular complexity index is 1210. The lowest BCUT2D eigenvalue weighted by atomic mass is 10.00. The van der Waals surface area contributed by atoms with Crippen molar-refractivity contribution < 1.29 is 24.0 Å². The zero-order valence-electron chi connectivity index (χ0n) is 22.8. The first-order valence-corrected chi connectivity index (χ1v) is 13.2. The van der Waals surface area contributed by atoms with Crippen molar-refractivity contribution in [2.45, 2.75) is 65.5 Å². The summed E-state index contributed by atoms with van der Waals surface area (Å²) in [6.07, 6.45) is 5.78. The van der Waals surface area contributed by atoms with E-state index in [-0.39, 0.29) is 36.9 Å². The van der Waals surface area contributed by atoms with Gasteiger partial charge in [0.05, 0.1) is 19.2 Å². The van der Waals surface area contributed by atoms with Gasteiger partial charge in [-0.3, -0.25) is 4.79 Å². The predicted molar refractivity (Wildman–Crippen MR) is 142 cm³/mol. The van der Waals surface area contributed by atoms with E-state index in [1.807, 2.05) is 13.8 Å². The van der Waals surface area contributed by atoms with Crippen LogP contribution in [0.2, 0.25) is 0 Å². The summed E-state index contributed by atoms with van der Waals surface area (Å²) < 4.78 is 11.4. The zero-order chi connectivity index (χ0) is 27.4. The van der Waals surface area contributed by atoms with Gasteiger partial charge < -0.3 is 29.5 Å². The normalized spacial score (nSPS) is 20.5. The Morgan fingerprint density at radius 2 is 2.08 bits per heavy atom. The van der Waals surface area contributed by atoms with Crippen molar-refractivity contribution in [2.75, 3.05) is 32.1 Å². The number of hydrogen-bond donors (Lipinski definition) is 2. The van der Waals surface area contributed by atoms with Crippen LogP contribution in [0, 0.1) is 37.5 Å². The maximum Gasteiger partial charge on any atom is 0.321 e. The Labute approximate surface area is 223 Å². The van der Waals surface area contributed by atoms with E-state index in [9.17, 15) is 14.7 Å². The molecule has 0 aromatic carbocycles. The van der Waals surface area contributed by atoms with Crippen LogP contribution in [0.15, 0.2) is 16.8 Å². The van der Waals surface area contributed by atoms with Gasteiger partial charge in [0.1, 0.15) is 23.0 Å². The number of likely N-dealkylation sites (N-methyl/N-ethyl adjacent to an activating group) is 1. The minimum Gasteiger partial charge on any atom is -0.472 e. The number of pyridine rings is 1. The van der Waals surface area contributed by atoms with E-state index in [0.717, 1.165) is 12.8 Å². The van der Waals surface area contributed by atoms with Crippen molar-refractivity contribution in [3.63, 3.8) is 0 Å². The van der Waals surface area contributed by atoms with Crippen LogP contribution in [0.3, 0.4) is 0 Å². The number of hydrogen-bond acceptors (Lipinski definition) is 7. The van der Waals surface area contributed by atoms with E-state index in [2.05, 4.69) is 27.3 Å². The number of urea groups is 1. The Morgan fingerprint density at radius 3 is 2.74 bits per heavy atom. The van der Waals surface area contributed by atoms with Gasteiger partial charge in [-0.25, -0.2) is 9.78 Å². The quantitative estimate of drug-likeness (QED) is 0.574. The second-order valence-electron chi connectivity index (χ2n) is 10.5.